The summed E-state index contributed by atoms with van der Waals surface area (Å²) in [6, 6.07) is 10.5. The minimum Gasteiger partial charge on any atom is -0.391 e. The SMILES string of the molecule is CC(C)(C)c1ccncc1-c1ccc(/C=C/C(=C(\C=C\NCCCCC=O)N2CCCCC2=O)N2CCCCC2=O)cc1. The van der Waals surface area contributed by atoms with Crippen molar-refractivity contribution in [1.29, 1.82) is 0 Å². The first-order chi connectivity index (χ1) is 20.8. The minimum absolute atomic E-state index is 0.00228. The quantitative estimate of drug-likeness (QED) is 0.170. The average Bonchev–Trinajstić information content (AvgIpc) is 3.00. The second-order valence-electron chi connectivity index (χ2n) is 12.4. The second-order valence-corrected chi connectivity index (χ2v) is 12.4. The fourth-order valence-electron chi connectivity index (χ4n) is 5.65. The van der Waals surface area contributed by atoms with Gasteiger partial charge in [0, 0.05) is 56.9 Å². The smallest absolute Gasteiger partial charge is 0.227 e. The predicted molar refractivity (Wildman–Crippen MR) is 173 cm³/mol. The molecule has 2 aliphatic heterocycles. The number of nitrogens with one attached hydrogen (secondary N) is 1. The number of allylic oxidation sites excluding steroid dienone is 2. The Morgan fingerprint density at radius 2 is 1.53 bits per heavy atom. The summed E-state index contributed by atoms with van der Waals surface area (Å²) >= 11 is 0. The summed E-state index contributed by atoms with van der Waals surface area (Å²) in [4.78, 5) is 45.0. The molecule has 0 bridgehead atoms. The third-order valence-corrected chi connectivity index (χ3v) is 8.03. The van der Waals surface area contributed by atoms with Crippen LogP contribution in [0.25, 0.3) is 17.2 Å². The minimum atomic E-state index is -0.00228. The summed E-state index contributed by atoms with van der Waals surface area (Å²) in [5.74, 6) is 0.174. The number of amides is 2. The van der Waals surface area contributed by atoms with Gasteiger partial charge in [0.15, 0.2) is 0 Å². The van der Waals surface area contributed by atoms with E-state index in [1.807, 2.05) is 46.6 Å². The molecule has 0 unspecified atom stereocenters. The molecule has 1 N–H and O–H groups in total. The van der Waals surface area contributed by atoms with Gasteiger partial charge in [0.05, 0.1) is 11.4 Å². The molecule has 2 fully saturated rings. The van der Waals surface area contributed by atoms with Crippen molar-refractivity contribution in [3.05, 3.63) is 83.6 Å². The molecule has 228 valence electrons. The van der Waals surface area contributed by atoms with Gasteiger partial charge in [0.1, 0.15) is 6.29 Å². The zero-order chi connectivity index (χ0) is 30.7. The van der Waals surface area contributed by atoms with E-state index in [1.165, 1.54) is 5.56 Å². The van der Waals surface area contributed by atoms with Gasteiger partial charge in [-0.1, -0.05) is 51.1 Å². The lowest BCUT2D eigenvalue weighted by molar-refractivity contribution is -0.133. The van der Waals surface area contributed by atoms with Crippen LogP contribution in [0, 0.1) is 0 Å². The number of likely N-dealkylation sites (tertiary alicyclic amines) is 2. The molecule has 0 spiro atoms. The van der Waals surface area contributed by atoms with Crippen LogP contribution in [0.2, 0.25) is 0 Å². The fourth-order valence-corrected chi connectivity index (χ4v) is 5.65. The van der Waals surface area contributed by atoms with Gasteiger partial charge in [-0.2, -0.15) is 0 Å². The lowest BCUT2D eigenvalue weighted by Gasteiger charge is -2.34. The third kappa shape index (κ3) is 8.76. The van der Waals surface area contributed by atoms with Gasteiger partial charge in [-0.15, -0.1) is 0 Å². The Kier molecular flexibility index (Phi) is 11.5. The van der Waals surface area contributed by atoms with E-state index in [2.05, 4.69) is 61.4 Å². The molecule has 0 saturated carbocycles. The summed E-state index contributed by atoms with van der Waals surface area (Å²) in [7, 11) is 0. The molecule has 0 aliphatic carbocycles. The monoisotopic (exact) mass is 582 g/mol. The first-order valence-corrected chi connectivity index (χ1v) is 15.7. The number of hydrogen-bond acceptors (Lipinski definition) is 5. The van der Waals surface area contributed by atoms with Crippen LogP contribution in [0.4, 0.5) is 0 Å². The molecule has 4 rings (SSSR count). The normalized spacial score (nSPS) is 17.1. The number of rotatable bonds is 12. The summed E-state index contributed by atoms with van der Waals surface area (Å²) in [6.07, 6.45) is 19.5. The van der Waals surface area contributed by atoms with E-state index >= 15 is 0 Å². The van der Waals surface area contributed by atoms with Crippen LogP contribution in [0.5, 0.6) is 0 Å². The van der Waals surface area contributed by atoms with E-state index in [9.17, 15) is 14.4 Å². The molecule has 7 heteroatoms. The number of pyridine rings is 1. The third-order valence-electron chi connectivity index (χ3n) is 8.03. The molecule has 3 heterocycles. The van der Waals surface area contributed by atoms with Crippen LogP contribution in [0.3, 0.4) is 0 Å². The zero-order valence-electron chi connectivity index (χ0n) is 26.0. The lowest BCUT2D eigenvalue weighted by Crippen LogP contribution is -2.40. The van der Waals surface area contributed by atoms with Crippen molar-refractivity contribution in [2.45, 2.75) is 84.0 Å². The van der Waals surface area contributed by atoms with Crippen LogP contribution in [-0.2, 0) is 19.8 Å². The highest BCUT2D eigenvalue weighted by molar-refractivity contribution is 5.82. The number of unbranched alkanes of at least 4 members (excludes halogenated alkanes) is 2. The van der Waals surface area contributed by atoms with E-state index in [0.717, 1.165) is 79.4 Å². The maximum Gasteiger partial charge on any atom is 0.227 e. The van der Waals surface area contributed by atoms with Gasteiger partial charge in [0.2, 0.25) is 11.8 Å². The highest BCUT2D eigenvalue weighted by atomic mass is 16.2. The average molecular weight is 583 g/mol. The van der Waals surface area contributed by atoms with E-state index in [4.69, 9.17) is 0 Å². The van der Waals surface area contributed by atoms with Gasteiger partial charge in [0.25, 0.3) is 0 Å². The Bertz CT molecular complexity index is 1350. The zero-order valence-corrected chi connectivity index (χ0v) is 26.0. The summed E-state index contributed by atoms with van der Waals surface area (Å²) in [6.45, 7) is 8.63. The number of aldehydes is 1. The van der Waals surface area contributed by atoms with E-state index in [0.29, 0.717) is 32.4 Å². The Hall–Kier alpha value is -4.00. The van der Waals surface area contributed by atoms with E-state index in [1.54, 1.807) is 0 Å². The van der Waals surface area contributed by atoms with Gasteiger partial charge in [-0.05, 0) is 85.0 Å². The number of aromatic nitrogens is 1. The summed E-state index contributed by atoms with van der Waals surface area (Å²) < 4.78 is 0. The maximum absolute atomic E-state index is 13.2. The van der Waals surface area contributed by atoms with Crippen LogP contribution in [0.15, 0.2) is 72.5 Å². The van der Waals surface area contributed by atoms with Crippen molar-refractivity contribution in [1.82, 2.24) is 20.1 Å². The van der Waals surface area contributed by atoms with Crippen molar-refractivity contribution < 1.29 is 14.4 Å². The molecular formula is C36H46N4O3. The molecule has 0 radical (unpaired) electrons. The molecule has 1 aromatic heterocycles. The Morgan fingerprint density at radius 3 is 2.14 bits per heavy atom. The maximum atomic E-state index is 13.2. The molecule has 2 saturated heterocycles. The van der Waals surface area contributed by atoms with Crippen molar-refractivity contribution in [3.8, 4) is 11.1 Å². The number of carbonyl (C=O) groups excluding carboxylic acids is 3. The summed E-state index contributed by atoms with van der Waals surface area (Å²) in [5, 5.41) is 3.31. The molecule has 0 atom stereocenters. The van der Waals surface area contributed by atoms with Gasteiger partial charge < -0.3 is 19.9 Å². The highest BCUT2D eigenvalue weighted by Gasteiger charge is 2.28. The van der Waals surface area contributed by atoms with Gasteiger partial charge in [-0.3, -0.25) is 14.6 Å². The summed E-state index contributed by atoms with van der Waals surface area (Å²) in [5.41, 5.74) is 5.99. The topological polar surface area (TPSA) is 82.6 Å². The van der Waals surface area contributed by atoms with Crippen LogP contribution < -0.4 is 5.32 Å². The predicted octanol–water partition coefficient (Wildman–Crippen LogP) is 6.77. The van der Waals surface area contributed by atoms with Crippen molar-refractivity contribution in [2.24, 2.45) is 0 Å². The largest absolute Gasteiger partial charge is 0.391 e. The molecule has 2 aliphatic rings. The lowest BCUT2D eigenvalue weighted by atomic mass is 9.83. The van der Waals surface area contributed by atoms with Gasteiger partial charge >= 0.3 is 0 Å². The first-order valence-electron chi connectivity index (χ1n) is 15.7. The Balaban J connectivity index is 1.68. The van der Waals surface area contributed by atoms with Crippen LogP contribution in [-0.4, -0.2) is 52.5 Å². The number of piperidine rings is 2. The van der Waals surface area contributed by atoms with E-state index < -0.39 is 0 Å². The number of carbonyl (C=O) groups is 3. The molecule has 1 aromatic carbocycles. The molecule has 7 nitrogen and oxygen atoms in total. The fraction of sp³-hybridized carbons (Fsp3) is 0.444. The van der Waals surface area contributed by atoms with Crippen molar-refractivity contribution in [2.75, 3.05) is 19.6 Å². The van der Waals surface area contributed by atoms with Crippen molar-refractivity contribution >= 4 is 24.2 Å². The Morgan fingerprint density at radius 1 is 0.884 bits per heavy atom. The van der Waals surface area contributed by atoms with E-state index in [-0.39, 0.29) is 17.2 Å². The van der Waals surface area contributed by atoms with Crippen LogP contribution >= 0.6 is 0 Å². The van der Waals surface area contributed by atoms with Crippen LogP contribution in [0.1, 0.15) is 89.7 Å². The number of benzene rings is 1. The molecular weight excluding hydrogens is 536 g/mol. The molecule has 43 heavy (non-hydrogen) atoms. The highest BCUT2D eigenvalue weighted by Crippen LogP contribution is 2.33. The Labute approximate surface area is 256 Å². The number of nitrogens with zero attached hydrogens (tertiary/aromatic N) is 3. The number of hydrogen-bond donors (Lipinski definition) is 1. The second kappa shape index (κ2) is 15.5. The standard InChI is InChI=1S/C36H46N4O3/c1-36(2,3)31-19-22-38-27-30(31)29-16-13-28(14-17-29)15-18-32(39-24-8-5-11-34(39)42)33(40-25-9-6-12-35(40)43)20-23-37-21-7-4-10-26-41/h13-20,22-23,26-27,37H,4-12,21,24-25H2,1-3H3/b18-15+,23-20+,33-32-. The molecule has 2 amide bonds. The van der Waals surface area contributed by atoms with Crippen molar-refractivity contribution in [3.63, 3.8) is 0 Å². The first kappa shape index (κ1) is 31.9. The molecule has 2 aromatic rings. The van der Waals surface area contributed by atoms with Gasteiger partial charge in [-0.25, -0.2) is 0 Å².